The molecule has 0 rings (SSSR count). The zero-order chi connectivity index (χ0) is 12.1. The second-order valence-corrected chi connectivity index (χ2v) is 5.34. The quantitative estimate of drug-likeness (QED) is 0.657. The minimum absolute atomic E-state index is 0.170. The van der Waals surface area contributed by atoms with E-state index in [2.05, 4.69) is 6.92 Å². The van der Waals surface area contributed by atoms with E-state index in [-0.39, 0.29) is 10.7 Å². The molecule has 0 aliphatic rings. The van der Waals surface area contributed by atoms with Crippen LogP contribution in [0.5, 0.6) is 0 Å². The monoisotopic (exact) mass is 234 g/mol. The van der Waals surface area contributed by atoms with E-state index in [0.717, 1.165) is 12.8 Å². The summed E-state index contributed by atoms with van der Waals surface area (Å²) in [6.07, 6.45) is 1.71. The summed E-state index contributed by atoms with van der Waals surface area (Å²) in [7, 11) is 0. The molecule has 0 aliphatic heterocycles. The highest BCUT2D eigenvalue weighted by molar-refractivity contribution is 6.64. The molecule has 0 radical (unpaired) electrons. The molecule has 0 aromatic carbocycles. The molecule has 0 aliphatic carbocycles. The fourth-order valence-corrected chi connectivity index (χ4v) is 2.25. The predicted octanol–water partition coefficient (Wildman–Crippen LogP) is 3.62. The highest BCUT2D eigenvalue weighted by Crippen LogP contribution is 2.44. The molecule has 0 heterocycles. The summed E-state index contributed by atoms with van der Waals surface area (Å²) in [6, 6.07) is 0. The zero-order valence-electron chi connectivity index (χ0n) is 10.5. The third-order valence-corrected chi connectivity index (χ3v) is 3.40. The van der Waals surface area contributed by atoms with Crippen molar-refractivity contribution in [2.75, 3.05) is 13.2 Å². The molecule has 0 N–H and O–H groups in total. The topological polar surface area (TPSA) is 26.3 Å². The first kappa shape index (κ1) is 14.9. The second-order valence-electron chi connectivity index (χ2n) is 4.99. The highest BCUT2D eigenvalue weighted by atomic mass is 35.5. The van der Waals surface area contributed by atoms with Crippen molar-refractivity contribution in [3.05, 3.63) is 0 Å². The van der Waals surface area contributed by atoms with Crippen molar-refractivity contribution in [2.24, 2.45) is 10.8 Å². The average molecular weight is 235 g/mol. The molecule has 0 aromatic rings. The molecule has 0 bridgehead atoms. The molecule has 0 saturated carbocycles. The molecule has 1 unspecified atom stereocenters. The van der Waals surface area contributed by atoms with Gasteiger partial charge in [-0.3, -0.25) is 4.79 Å². The van der Waals surface area contributed by atoms with Crippen LogP contribution in [0.3, 0.4) is 0 Å². The smallest absolute Gasteiger partial charge is 0.230 e. The van der Waals surface area contributed by atoms with E-state index in [1.807, 2.05) is 27.7 Å². The fraction of sp³-hybridized carbons (Fsp3) is 0.917. The van der Waals surface area contributed by atoms with Crippen LogP contribution in [-0.4, -0.2) is 18.5 Å². The van der Waals surface area contributed by atoms with Gasteiger partial charge in [0.2, 0.25) is 5.24 Å². The number of carbonyl (C=O) groups is 1. The number of ether oxygens (including phenoxy) is 1. The summed E-state index contributed by atoms with van der Waals surface area (Å²) in [5.41, 5.74) is -0.726. The number of halogens is 1. The molecule has 1 atom stereocenters. The van der Waals surface area contributed by atoms with Crippen LogP contribution >= 0.6 is 11.6 Å². The Hall–Kier alpha value is -0.0800. The minimum atomic E-state index is -0.556. The van der Waals surface area contributed by atoms with E-state index in [4.69, 9.17) is 16.3 Å². The Kier molecular flexibility index (Phi) is 5.82. The van der Waals surface area contributed by atoms with Gasteiger partial charge in [0.15, 0.2) is 0 Å². The molecule has 0 spiro atoms. The summed E-state index contributed by atoms with van der Waals surface area (Å²) in [5.74, 6) is 0. The molecule has 2 nitrogen and oxygen atoms in total. The molecule has 0 fully saturated rings. The highest BCUT2D eigenvalue weighted by Gasteiger charge is 2.46. The first-order valence-corrected chi connectivity index (χ1v) is 5.97. The van der Waals surface area contributed by atoms with Crippen molar-refractivity contribution >= 4 is 16.8 Å². The summed E-state index contributed by atoms with van der Waals surface area (Å²) >= 11 is 5.78. The van der Waals surface area contributed by atoms with Gasteiger partial charge in [-0.15, -0.1) is 0 Å². The van der Waals surface area contributed by atoms with Gasteiger partial charge in [-0.2, -0.15) is 0 Å². The standard InChI is InChI=1S/C12H23ClO2/c1-6-8-12(10(13)14,9-15-7-2)11(3,4)5/h6-9H2,1-5H3. The lowest BCUT2D eigenvalue weighted by molar-refractivity contribution is -0.133. The van der Waals surface area contributed by atoms with Gasteiger partial charge in [0.25, 0.3) is 0 Å². The summed E-state index contributed by atoms with van der Waals surface area (Å²) in [4.78, 5) is 11.7. The first-order chi connectivity index (χ1) is 6.81. The van der Waals surface area contributed by atoms with Crippen molar-refractivity contribution in [1.29, 1.82) is 0 Å². The van der Waals surface area contributed by atoms with E-state index in [1.54, 1.807) is 0 Å². The van der Waals surface area contributed by atoms with Crippen LogP contribution in [0.2, 0.25) is 0 Å². The maximum Gasteiger partial charge on any atom is 0.230 e. The first-order valence-electron chi connectivity index (χ1n) is 5.59. The van der Waals surface area contributed by atoms with Gasteiger partial charge >= 0.3 is 0 Å². The van der Waals surface area contributed by atoms with E-state index >= 15 is 0 Å². The number of hydrogen-bond donors (Lipinski definition) is 0. The molecule has 3 heteroatoms. The van der Waals surface area contributed by atoms with Crippen LogP contribution in [0.4, 0.5) is 0 Å². The lowest BCUT2D eigenvalue weighted by Crippen LogP contribution is -2.44. The van der Waals surface area contributed by atoms with Crippen LogP contribution in [0.25, 0.3) is 0 Å². The largest absolute Gasteiger partial charge is 0.381 e. The minimum Gasteiger partial charge on any atom is -0.381 e. The molecule has 15 heavy (non-hydrogen) atoms. The number of hydrogen-bond acceptors (Lipinski definition) is 2. The summed E-state index contributed by atoms with van der Waals surface area (Å²) in [6.45, 7) is 11.2. The zero-order valence-corrected chi connectivity index (χ0v) is 11.3. The Morgan fingerprint density at radius 1 is 1.27 bits per heavy atom. The van der Waals surface area contributed by atoms with Crippen LogP contribution < -0.4 is 0 Å². The third kappa shape index (κ3) is 3.46. The maximum absolute atomic E-state index is 11.7. The van der Waals surface area contributed by atoms with Crippen molar-refractivity contribution < 1.29 is 9.53 Å². The Morgan fingerprint density at radius 2 is 1.80 bits per heavy atom. The van der Waals surface area contributed by atoms with Crippen molar-refractivity contribution in [3.8, 4) is 0 Å². The van der Waals surface area contributed by atoms with Crippen LogP contribution in [0, 0.1) is 10.8 Å². The molecule has 0 aromatic heterocycles. The van der Waals surface area contributed by atoms with Crippen molar-refractivity contribution in [3.63, 3.8) is 0 Å². The lowest BCUT2D eigenvalue weighted by Gasteiger charge is -2.41. The third-order valence-electron chi connectivity index (χ3n) is 3.04. The van der Waals surface area contributed by atoms with Crippen LogP contribution in [0.15, 0.2) is 0 Å². The SMILES string of the molecule is CCCC(COCC)(C(=O)Cl)C(C)(C)C. The molecule has 0 saturated heterocycles. The lowest BCUT2D eigenvalue weighted by atomic mass is 9.65. The van der Waals surface area contributed by atoms with Gasteiger partial charge in [0.1, 0.15) is 0 Å². The van der Waals surface area contributed by atoms with E-state index in [1.165, 1.54) is 0 Å². The normalized spacial score (nSPS) is 16.1. The van der Waals surface area contributed by atoms with Crippen LogP contribution in [0.1, 0.15) is 47.5 Å². The van der Waals surface area contributed by atoms with Gasteiger partial charge in [0.05, 0.1) is 12.0 Å². The van der Waals surface area contributed by atoms with E-state index < -0.39 is 5.41 Å². The Bertz CT molecular complexity index is 208. The van der Waals surface area contributed by atoms with Gasteiger partial charge in [-0.1, -0.05) is 34.1 Å². The second kappa shape index (κ2) is 5.86. The fourth-order valence-electron chi connectivity index (χ4n) is 1.82. The Labute approximate surface area is 98.3 Å². The average Bonchev–Trinajstić information content (AvgIpc) is 2.09. The molecular weight excluding hydrogens is 212 g/mol. The summed E-state index contributed by atoms with van der Waals surface area (Å²) in [5, 5.41) is -0.273. The van der Waals surface area contributed by atoms with E-state index in [0.29, 0.717) is 13.2 Å². The molecule has 90 valence electrons. The maximum atomic E-state index is 11.7. The van der Waals surface area contributed by atoms with Gasteiger partial charge in [0, 0.05) is 6.61 Å². The summed E-state index contributed by atoms with van der Waals surface area (Å²) < 4.78 is 5.43. The van der Waals surface area contributed by atoms with Gasteiger partial charge in [-0.05, 0) is 30.4 Å². The van der Waals surface area contributed by atoms with Gasteiger partial charge in [-0.25, -0.2) is 0 Å². The van der Waals surface area contributed by atoms with E-state index in [9.17, 15) is 4.79 Å². The Balaban J connectivity index is 4.99. The number of rotatable bonds is 6. The van der Waals surface area contributed by atoms with Gasteiger partial charge < -0.3 is 4.74 Å². The molecule has 0 amide bonds. The predicted molar refractivity (Wildman–Crippen MR) is 64.1 cm³/mol. The van der Waals surface area contributed by atoms with Crippen molar-refractivity contribution in [2.45, 2.75) is 47.5 Å². The van der Waals surface area contributed by atoms with Crippen molar-refractivity contribution in [1.82, 2.24) is 0 Å². The molecular formula is C12H23ClO2. The van der Waals surface area contributed by atoms with Crippen LogP contribution in [-0.2, 0) is 9.53 Å². The Morgan fingerprint density at radius 3 is 2.07 bits per heavy atom. The number of carbonyl (C=O) groups excluding carboxylic acids is 1.